The summed E-state index contributed by atoms with van der Waals surface area (Å²) in [7, 11) is 0. The van der Waals surface area contributed by atoms with Crippen molar-refractivity contribution in [2.75, 3.05) is 0 Å². The van der Waals surface area contributed by atoms with Crippen molar-refractivity contribution in [3.05, 3.63) is 99.0 Å². The molecular formula is C22H19Cl2NO3. The monoisotopic (exact) mass is 415 g/mol. The summed E-state index contributed by atoms with van der Waals surface area (Å²) in [5.74, 6) is -0.154. The van der Waals surface area contributed by atoms with Gasteiger partial charge in [-0.15, -0.1) is 0 Å². The summed E-state index contributed by atoms with van der Waals surface area (Å²) in [6.45, 7) is 1.73. The van der Waals surface area contributed by atoms with E-state index in [1.54, 1.807) is 24.3 Å². The average molecular weight is 416 g/mol. The van der Waals surface area contributed by atoms with Crippen LogP contribution in [0, 0.1) is 0 Å². The largest absolute Gasteiger partial charge is 0.489 e. The van der Waals surface area contributed by atoms with Gasteiger partial charge in [-0.1, -0.05) is 53.5 Å². The number of nitrogens with one attached hydrogen (secondary N) is 1. The Balaban J connectivity index is 1.47. The van der Waals surface area contributed by atoms with E-state index in [1.807, 2.05) is 42.5 Å². The maximum Gasteiger partial charge on any atom is 0.335 e. The van der Waals surface area contributed by atoms with E-state index in [9.17, 15) is 4.79 Å². The number of carboxylic acids is 1. The first-order valence-corrected chi connectivity index (χ1v) is 9.45. The van der Waals surface area contributed by atoms with Crippen molar-refractivity contribution in [1.29, 1.82) is 0 Å². The Morgan fingerprint density at radius 1 is 0.893 bits per heavy atom. The van der Waals surface area contributed by atoms with Crippen LogP contribution in [-0.2, 0) is 19.7 Å². The molecule has 4 nitrogen and oxygen atoms in total. The Morgan fingerprint density at radius 2 is 1.50 bits per heavy atom. The van der Waals surface area contributed by atoms with Gasteiger partial charge in [0.15, 0.2) is 0 Å². The van der Waals surface area contributed by atoms with Gasteiger partial charge >= 0.3 is 5.97 Å². The van der Waals surface area contributed by atoms with Gasteiger partial charge in [0.2, 0.25) is 0 Å². The lowest BCUT2D eigenvalue weighted by molar-refractivity contribution is 0.0697. The predicted molar refractivity (Wildman–Crippen MR) is 111 cm³/mol. The second-order valence-corrected chi connectivity index (χ2v) is 7.12. The van der Waals surface area contributed by atoms with Gasteiger partial charge in [0.25, 0.3) is 0 Å². The summed E-state index contributed by atoms with van der Waals surface area (Å²) in [6, 6.07) is 20.0. The topological polar surface area (TPSA) is 58.6 Å². The lowest BCUT2D eigenvalue weighted by Crippen LogP contribution is -2.12. The molecule has 0 heterocycles. The molecule has 0 aliphatic heterocycles. The Hall–Kier alpha value is -2.53. The molecule has 0 radical (unpaired) electrons. The molecule has 0 aliphatic rings. The minimum Gasteiger partial charge on any atom is -0.489 e. The highest BCUT2D eigenvalue weighted by molar-refractivity contribution is 6.35. The quantitative estimate of drug-likeness (QED) is 0.505. The Labute approximate surface area is 173 Å². The van der Waals surface area contributed by atoms with Crippen LogP contribution in [0.25, 0.3) is 0 Å². The van der Waals surface area contributed by atoms with Crippen molar-refractivity contribution in [2.45, 2.75) is 19.7 Å². The first-order chi connectivity index (χ1) is 13.5. The van der Waals surface area contributed by atoms with E-state index in [4.69, 9.17) is 33.0 Å². The normalized spacial score (nSPS) is 10.6. The molecule has 0 atom stereocenters. The standard InChI is InChI=1S/C22H19Cl2NO3/c23-19-8-7-18(21(24)11-19)14-28-20-9-3-16(4-10-20)13-25-12-15-1-5-17(6-2-15)22(26)27/h1-11,25H,12-14H2,(H,26,27). The van der Waals surface area contributed by atoms with Crippen molar-refractivity contribution in [3.8, 4) is 5.75 Å². The molecule has 28 heavy (non-hydrogen) atoms. The number of carboxylic acid groups (broad SMARTS) is 1. The maximum absolute atomic E-state index is 10.9. The van der Waals surface area contributed by atoms with Crippen molar-refractivity contribution in [2.24, 2.45) is 0 Å². The molecule has 0 amide bonds. The lowest BCUT2D eigenvalue weighted by Gasteiger charge is -2.10. The SMILES string of the molecule is O=C(O)c1ccc(CNCc2ccc(OCc3ccc(Cl)cc3Cl)cc2)cc1. The van der Waals surface area contributed by atoms with E-state index in [0.29, 0.717) is 35.3 Å². The summed E-state index contributed by atoms with van der Waals surface area (Å²) in [5.41, 5.74) is 3.33. The zero-order valence-corrected chi connectivity index (χ0v) is 16.5. The Bertz CT molecular complexity index is 941. The number of aromatic carboxylic acids is 1. The smallest absolute Gasteiger partial charge is 0.335 e. The third kappa shape index (κ3) is 5.73. The molecule has 0 aliphatic carbocycles. The highest BCUT2D eigenvalue weighted by Gasteiger charge is 2.04. The predicted octanol–water partition coefficient (Wildman–Crippen LogP) is 5.56. The van der Waals surface area contributed by atoms with Gasteiger partial charge in [0.05, 0.1) is 5.56 Å². The maximum atomic E-state index is 10.9. The number of hydrogen-bond donors (Lipinski definition) is 2. The van der Waals surface area contributed by atoms with Crippen LogP contribution in [0.15, 0.2) is 66.7 Å². The summed E-state index contributed by atoms with van der Waals surface area (Å²) < 4.78 is 5.78. The molecule has 3 aromatic rings. The first kappa shape index (κ1) is 20.2. The van der Waals surface area contributed by atoms with Gasteiger partial charge in [-0.3, -0.25) is 0 Å². The van der Waals surface area contributed by atoms with Crippen LogP contribution in [0.4, 0.5) is 0 Å². The van der Waals surface area contributed by atoms with Crippen molar-refractivity contribution in [1.82, 2.24) is 5.32 Å². The minimum absolute atomic E-state index is 0.291. The van der Waals surface area contributed by atoms with E-state index < -0.39 is 5.97 Å². The third-order valence-corrected chi connectivity index (χ3v) is 4.78. The van der Waals surface area contributed by atoms with Crippen LogP contribution in [0.1, 0.15) is 27.0 Å². The zero-order chi connectivity index (χ0) is 19.9. The Morgan fingerprint density at radius 3 is 2.07 bits per heavy atom. The second-order valence-electron chi connectivity index (χ2n) is 6.27. The van der Waals surface area contributed by atoms with Crippen LogP contribution in [0.2, 0.25) is 10.0 Å². The fourth-order valence-corrected chi connectivity index (χ4v) is 3.08. The Kier molecular flexibility index (Phi) is 6.93. The van der Waals surface area contributed by atoms with Gasteiger partial charge in [0.1, 0.15) is 12.4 Å². The molecule has 6 heteroatoms. The number of benzene rings is 3. The molecule has 0 unspecified atom stereocenters. The number of ether oxygens (including phenoxy) is 1. The van der Waals surface area contributed by atoms with Crippen molar-refractivity contribution in [3.63, 3.8) is 0 Å². The average Bonchev–Trinajstić information content (AvgIpc) is 2.69. The van der Waals surface area contributed by atoms with Gasteiger partial charge in [-0.05, 0) is 47.5 Å². The van der Waals surface area contributed by atoms with Gasteiger partial charge in [-0.25, -0.2) is 4.79 Å². The van der Waals surface area contributed by atoms with E-state index in [0.717, 1.165) is 22.4 Å². The van der Waals surface area contributed by atoms with Crippen LogP contribution < -0.4 is 10.1 Å². The molecule has 0 saturated heterocycles. The summed E-state index contributed by atoms with van der Waals surface area (Å²) in [5, 5.41) is 13.4. The second kappa shape index (κ2) is 9.60. The van der Waals surface area contributed by atoms with Gasteiger partial charge in [-0.2, -0.15) is 0 Å². The van der Waals surface area contributed by atoms with Crippen molar-refractivity contribution >= 4 is 29.2 Å². The van der Waals surface area contributed by atoms with Gasteiger partial charge in [0, 0.05) is 28.7 Å². The van der Waals surface area contributed by atoms with E-state index in [1.165, 1.54) is 0 Å². The van der Waals surface area contributed by atoms with E-state index >= 15 is 0 Å². The molecule has 0 aromatic heterocycles. The number of carbonyl (C=O) groups is 1. The zero-order valence-electron chi connectivity index (χ0n) is 15.0. The summed E-state index contributed by atoms with van der Waals surface area (Å²) >= 11 is 12.0. The van der Waals surface area contributed by atoms with E-state index in [-0.39, 0.29) is 0 Å². The van der Waals surface area contributed by atoms with Gasteiger partial charge < -0.3 is 15.2 Å². The number of hydrogen-bond acceptors (Lipinski definition) is 3. The molecule has 3 aromatic carbocycles. The molecule has 144 valence electrons. The minimum atomic E-state index is -0.917. The number of rotatable bonds is 8. The highest BCUT2D eigenvalue weighted by Crippen LogP contribution is 2.23. The highest BCUT2D eigenvalue weighted by atomic mass is 35.5. The van der Waals surface area contributed by atoms with Crippen LogP contribution in [0.5, 0.6) is 5.75 Å². The fourth-order valence-electron chi connectivity index (χ4n) is 2.62. The third-order valence-electron chi connectivity index (χ3n) is 4.19. The summed E-state index contributed by atoms with van der Waals surface area (Å²) in [6.07, 6.45) is 0. The van der Waals surface area contributed by atoms with Crippen LogP contribution >= 0.6 is 23.2 Å². The molecule has 0 fully saturated rings. The molecule has 0 spiro atoms. The van der Waals surface area contributed by atoms with E-state index in [2.05, 4.69) is 5.32 Å². The molecule has 2 N–H and O–H groups in total. The first-order valence-electron chi connectivity index (χ1n) is 8.70. The molecular weight excluding hydrogens is 397 g/mol. The molecule has 3 rings (SSSR count). The number of halogens is 2. The fraction of sp³-hybridized carbons (Fsp3) is 0.136. The summed E-state index contributed by atoms with van der Waals surface area (Å²) in [4.78, 5) is 10.9. The molecule has 0 saturated carbocycles. The van der Waals surface area contributed by atoms with Crippen LogP contribution in [0.3, 0.4) is 0 Å². The lowest BCUT2D eigenvalue weighted by atomic mass is 10.1. The van der Waals surface area contributed by atoms with Crippen LogP contribution in [-0.4, -0.2) is 11.1 Å². The van der Waals surface area contributed by atoms with Crippen molar-refractivity contribution < 1.29 is 14.6 Å². The molecule has 0 bridgehead atoms.